The van der Waals surface area contributed by atoms with Crippen LogP contribution in [0.2, 0.25) is 0 Å². The third kappa shape index (κ3) is 4.10. The van der Waals surface area contributed by atoms with Gasteiger partial charge in [0.25, 0.3) is 0 Å². The molecule has 0 radical (unpaired) electrons. The molecule has 5 nitrogen and oxygen atoms in total. The van der Waals surface area contributed by atoms with Crippen LogP contribution in [0.5, 0.6) is 0 Å². The summed E-state index contributed by atoms with van der Waals surface area (Å²) >= 11 is 1.61. The monoisotopic (exact) mass is 276 g/mol. The average molecular weight is 276 g/mol. The van der Waals surface area contributed by atoms with Crippen LogP contribution in [-0.2, 0) is 4.79 Å². The number of pyridine rings is 1. The molecule has 0 fully saturated rings. The molecular formula is C13H16N4OS. The van der Waals surface area contributed by atoms with Gasteiger partial charge in [0.2, 0.25) is 5.91 Å². The highest BCUT2D eigenvalue weighted by Gasteiger charge is 2.05. The minimum absolute atomic E-state index is 0.00709. The molecule has 0 spiro atoms. The van der Waals surface area contributed by atoms with Crippen LogP contribution in [0, 0.1) is 0 Å². The smallest absolute Gasteiger partial charge is 0.234 e. The maximum atomic E-state index is 11.7. The lowest BCUT2D eigenvalue weighted by atomic mass is 10.4. The average Bonchev–Trinajstić information content (AvgIpc) is 2.91. The summed E-state index contributed by atoms with van der Waals surface area (Å²) in [4.78, 5) is 15.9. The van der Waals surface area contributed by atoms with Crippen molar-refractivity contribution < 1.29 is 4.79 Å². The summed E-state index contributed by atoms with van der Waals surface area (Å²) in [6, 6.07) is 5.47. The second kappa shape index (κ2) is 6.38. The highest BCUT2D eigenvalue weighted by Crippen LogP contribution is 2.12. The molecule has 1 amide bonds. The standard InChI is InChI=1S/C13H16N4OS/c1-10(2)19-9-13(18)16-11-4-5-12(14-8-11)17-7-3-6-15-17/h3-8,10H,9H2,1-2H3,(H,16,18). The Labute approximate surface area is 116 Å². The predicted octanol–water partition coefficient (Wildman–Crippen LogP) is 2.35. The fourth-order valence-electron chi connectivity index (χ4n) is 1.44. The van der Waals surface area contributed by atoms with Crippen LogP contribution in [0.15, 0.2) is 36.8 Å². The van der Waals surface area contributed by atoms with E-state index < -0.39 is 0 Å². The van der Waals surface area contributed by atoms with E-state index in [0.717, 1.165) is 5.82 Å². The molecular weight excluding hydrogens is 260 g/mol. The van der Waals surface area contributed by atoms with Crippen LogP contribution in [0.4, 0.5) is 5.69 Å². The van der Waals surface area contributed by atoms with Crippen molar-refractivity contribution in [2.75, 3.05) is 11.1 Å². The topological polar surface area (TPSA) is 59.8 Å². The zero-order valence-electron chi connectivity index (χ0n) is 10.9. The molecule has 2 rings (SSSR count). The summed E-state index contributed by atoms with van der Waals surface area (Å²) in [5.74, 6) is 1.17. The second-order valence-electron chi connectivity index (χ2n) is 4.26. The summed E-state index contributed by atoms with van der Waals surface area (Å²) in [5, 5.41) is 7.36. The van der Waals surface area contributed by atoms with Crippen molar-refractivity contribution in [2.45, 2.75) is 19.1 Å². The molecule has 0 atom stereocenters. The molecule has 100 valence electrons. The van der Waals surface area contributed by atoms with Crippen molar-refractivity contribution in [1.29, 1.82) is 0 Å². The number of hydrogen-bond donors (Lipinski definition) is 1. The Bertz CT molecular complexity index is 522. The Hall–Kier alpha value is -1.82. The highest BCUT2D eigenvalue weighted by molar-refractivity contribution is 8.00. The summed E-state index contributed by atoms with van der Waals surface area (Å²) < 4.78 is 1.67. The van der Waals surface area contributed by atoms with Crippen molar-refractivity contribution >= 4 is 23.4 Å². The molecule has 2 aromatic heterocycles. The van der Waals surface area contributed by atoms with Crippen LogP contribution in [0.3, 0.4) is 0 Å². The van der Waals surface area contributed by atoms with Gasteiger partial charge in [-0.05, 0) is 23.4 Å². The summed E-state index contributed by atoms with van der Waals surface area (Å²) in [7, 11) is 0. The second-order valence-corrected chi connectivity index (χ2v) is 5.83. The Morgan fingerprint density at radius 2 is 2.32 bits per heavy atom. The molecule has 19 heavy (non-hydrogen) atoms. The van der Waals surface area contributed by atoms with E-state index in [1.54, 1.807) is 28.8 Å². The van der Waals surface area contributed by atoms with Gasteiger partial charge in [-0.1, -0.05) is 13.8 Å². The minimum Gasteiger partial charge on any atom is -0.324 e. The first-order chi connectivity index (χ1) is 9.15. The summed E-state index contributed by atoms with van der Waals surface area (Å²) in [6.45, 7) is 4.14. The molecule has 0 aliphatic heterocycles. The van der Waals surface area contributed by atoms with Crippen molar-refractivity contribution in [3.8, 4) is 5.82 Å². The van der Waals surface area contributed by atoms with E-state index in [1.807, 2.05) is 24.4 Å². The summed E-state index contributed by atoms with van der Waals surface area (Å²) in [5.41, 5.74) is 0.699. The quantitative estimate of drug-likeness (QED) is 0.910. The summed E-state index contributed by atoms with van der Waals surface area (Å²) in [6.07, 6.45) is 5.15. The maximum absolute atomic E-state index is 11.7. The molecule has 0 aromatic carbocycles. The lowest BCUT2D eigenvalue weighted by Gasteiger charge is -2.07. The van der Waals surface area contributed by atoms with Crippen LogP contribution >= 0.6 is 11.8 Å². The molecule has 0 saturated heterocycles. The van der Waals surface area contributed by atoms with Gasteiger partial charge in [0, 0.05) is 12.4 Å². The maximum Gasteiger partial charge on any atom is 0.234 e. The number of hydrogen-bond acceptors (Lipinski definition) is 4. The molecule has 0 unspecified atom stereocenters. The van der Waals surface area contributed by atoms with Crippen LogP contribution in [0.1, 0.15) is 13.8 Å². The van der Waals surface area contributed by atoms with Gasteiger partial charge in [-0.2, -0.15) is 5.10 Å². The molecule has 0 aliphatic carbocycles. The third-order valence-corrected chi connectivity index (χ3v) is 3.41. The Kier molecular flexibility index (Phi) is 4.57. The van der Waals surface area contributed by atoms with Gasteiger partial charge >= 0.3 is 0 Å². The van der Waals surface area contributed by atoms with Crippen molar-refractivity contribution in [1.82, 2.24) is 14.8 Å². The molecule has 0 saturated carbocycles. The first-order valence-corrected chi connectivity index (χ1v) is 7.07. The van der Waals surface area contributed by atoms with E-state index in [9.17, 15) is 4.79 Å². The third-order valence-electron chi connectivity index (χ3n) is 2.32. The molecule has 0 aliphatic rings. The molecule has 0 bridgehead atoms. The van der Waals surface area contributed by atoms with E-state index in [4.69, 9.17) is 0 Å². The van der Waals surface area contributed by atoms with Crippen LogP contribution in [0.25, 0.3) is 5.82 Å². The van der Waals surface area contributed by atoms with E-state index in [-0.39, 0.29) is 5.91 Å². The lowest BCUT2D eigenvalue weighted by Crippen LogP contribution is -2.15. The molecule has 2 heterocycles. The fourth-order valence-corrected chi connectivity index (χ4v) is 2.00. The van der Waals surface area contributed by atoms with Crippen LogP contribution < -0.4 is 5.32 Å². The Morgan fingerprint density at radius 1 is 1.47 bits per heavy atom. The number of amides is 1. The largest absolute Gasteiger partial charge is 0.324 e. The van der Waals surface area contributed by atoms with Crippen molar-refractivity contribution in [2.24, 2.45) is 0 Å². The predicted molar refractivity (Wildman–Crippen MR) is 77.6 cm³/mol. The number of thioether (sulfide) groups is 1. The Balaban J connectivity index is 1.94. The number of nitrogens with one attached hydrogen (secondary N) is 1. The number of rotatable bonds is 5. The van der Waals surface area contributed by atoms with E-state index in [0.29, 0.717) is 16.7 Å². The van der Waals surface area contributed by atoms with Gasteiger partial charge in [-0.3, -0.25) is 4.79 Å². The van der Waals surface area contributed by atoms with E-state index in [2.05, 4.69) is 29.2 Å². The van der Waals surface area contributed by atoms with Gasteiger partial charge in [0.05, 0.1) is 17.6 Å². The number of carbonyl (C=O) groups is 1. The van der Waals surface area contributed by atoms with Crippen molar-refractivity contribution in [3.63, 3.8) is 0 Å². The zero-order valence-corrected chi connectivity index (χ0v) is 11.7. The SMILES string of the molecule is CC(C)SCC(=O)Nc1ccc(-n2cccn2)nc1. The molecule has 1 N–H and O–H groups in total. The lowest BCUT2D eigenvalue weighted by molar-refractivity contribution is -0.113. The minimum atomic E-state index is -0.00709. The zero-order chi connectivity index (χ0) is 13.7. The van der Waals surface area contributed by atoms with Crippen molar-refractivity contribution in [3.05, 3.63) is 36.8 Å². The number of aromatic nitrogens is 3. The first kappa shape index (κ1) is 13.6. The molecule has 6 heteroatoms. The highest BCUT2D eigenvalue weighted by atomic mass is 32.2. The number of anilines is 1. The Morgan fingerprint density at radius 3 is 2.89 bits per heavy atom. The number of nitrogens with zero attached hydrogens (tertiary/aromatic N) is 3. The normalized spacial score (nSPS) is 10.7. The first-order valence-electron chi connectivity index (χ1n) is 6.02. The fraction of sp³-hybridized carbons (Fsp3) is 0.308. The molecule has 2 aromatic rings. The van der Waals surface area contributed by atoms with Gasteiger partial charge in [-0.25, -0.2) is 9.67 Å². The van der Waals surface area contributed by atoms with Gasteiger partial charge in [-0.15, -0.1) is 11.8 Å². The van der Waals surface area contributed by atoms with Crippen LogP contribution in [-0.4, -0.2) is 31.7 Å². The van der Waals surface area contributed by atoms with Gasteiger partial charge < -0.3 is 5.32 Å². The van der Waals surface area contributed by atoms with Gasteiger partial charge in [0.1, 0.15) is 0 Å². The van der Waals surface area contributed by atoms with E-state index >= 15 is 0 Å². The number of carbonyl (C=O) groups excluding carboxylic acids is 1. The van der Waals surface area contributed by atoms with Gasteiger partial charge in [0.15, 0.2) is 5.82 Å². The van der Waals surface area contributed by atoms with E-state index in [1.165, 1.54) is 0 Å².